The monoisotopic (exact) mass is 806 g/mol. The number of nitrogens with one attached hydrogen (secondary N) is 4. The number of hydrogen-bond donors (Lipinski definition) is 4. The van der Waals surface area contributed by atoms with E-state index in [0.29, 0.717) is 41.7 Å². The topological polar surface area (TPSA) is 175 Å². The molecule has 0 radical (unpaired) electrons. The SMILES string of the molecule is COC(=O)N[C@H](C(=O)N1CCC[C@H]1c1ncc(C#Cc2cc3sc(C#Cc4cnc([C@@H]5CCCN5C(=O)[C@H](NC(=O)OC)c5ccccc5)[nH]4)cc3s2)[nH]1)C(C)C. The second kappa shape index (κ2) is 17.4. The van der Waals surface area contributed by atoms with Crippen LogP contribution in [0.25, 0.3) is 9.40 Å². The van der Waals surface area contributed by atoms with Gasteiger partial charge in [0.1, 0.15) is 35.1 Å². The van der Waals surface area contributed by atoms with E-state index in [-0.39, 0.29) is 29.8 Å². The number of ether oxygens (including phenoxy) is 2. The normalized spacial score (nSPS) is 17.4. The molecule has 6 heterocycles. The van der Waals surface area contributed by atoms with E-state index in [2.05, 4.69) is 66.4 Å². The number of aromatic nitrogens is 4. The van der Waals surface area contributed by atoms with E-state index >= 15 is 0 Å². The average molecular weight is 807 g/mol. The second-order valence-electron chi connectivity index (χ2n) is 14.0. The number of benzene rings is 1. The number of hydrogen-bond acceptors (Lipinski definition) is 10. The van der Waals surface area contributed by atoms with Gasteiger partial charge in [-0.1, -0.05) is 44.2 Å². The number of rotatable bonds is 8. The molecule has 1 aromatic carbocycles. The third-order valence-electron chi connectivity index (χ3n) is 9.96. The average Bonchev–Trinajstić information content (AvgIpc) is 4.07. The number of likely N-dealkylation sites (tertiary alicyclic amines) is 2. The first-order valence-electron chi connectivity index (χ1n) is 18.6. The number of alkyl carbamates (subject to hydrolysis) is 2. The molecule has 4 amide bonds. The first-order chi connectivity index (χ1) is 27.6. The van der Waals surface area contributed by atoms with Crippen molar-refractivity contribution < 1.29 is 28.7 Å². The van der Waals surface area contributed by atoms with Crippen LogP contribution in [0.15, 0.2) is 54.9 Å². The largest absolute Gasteiger partial charge is 0.453 e. The van der Waals surface area contributed by atoms with Gasteiger partial charge in [-0.3, -0.25) is 9.59 Å². The molecule has 0 saturated carbocycles. The summed E-state index contributed by atoms with van der Waals surface area (Å²) >= 11 is 3.16. The van der Waals surface area contributed by atoms with E-state index in [1.165, 1.54) is 14.2 Å². The maximum Gasteiger partial charge on any atom is 0.407 e. The van der Waals surface area contributed by atoms with Gasteiger partial charge in [0, 0.05) is 22.5 Å². The standard InChI is InChI=1S/C41H42N8O6S2/c1-24(2)34(46-40(52)54-3)38(50)48-18-8-12-30(48)36-42-22-26(44-36)14-16-28-20-32-33(56-28)21-29(57-32)17-15-27-23-43-37(45-27)31-13-9-19-49(31)39(51)35(47-41(53)55-4)25-10-6-5-7-11-25/h5-7,10-11,20-24,30-31,34-35H,8-9,12-13,18-19H2,1-4H3,(H,42,44)(H,43,45)(H,46,52)(H,47,53)/t30-,31-,34-,35+/m0/s1. The number of imidazole rings is 2. The van der Waals surface area contributed by atoms with Crippen molar-refractivity contribution in [3.05, 3.63) is 93.2 Å². The maximum absolute atomic E-state index is 13.8. The van der Waals surface area contributed by atoms with Crippen LogP contribution in [0.4, 0.5) is 9.59 Å². The summed E-state index contributed by atoms with van der Waals surface area (Å²) in [5, 5.41) is 5.36. The van der Waals surface area contributed by atoms with Gasteiger partial charge in [-0.2, -0.15) is 0 Å². The highest BCUT2D eigenvalue weighted by molar-refractivity contribution is 7.28. The Kier molecular flexibility index (Phi) is 11.9. The minimum absolute atomic E-state index is 0.114. The van der Waals surface area contributed by atoms with Crippen molar-refractivity contribution in [2.45, 2.75) is 63.7 Å². The molecule has 294 valence electrons. The number of nitrogens with zero attached hydrogens (tertiary/aromatic N) is 4. The van der Waals surface area contributed by atoms with Crippen LogP contribution >= 0.6 is 22.7 Å². The van der Waals surface area contributed by atoms with Gasteiger partial charge in [-0.15, -0.1) is 22.7 Å². The van der Waals surface area contributed by atoms with Crippen molar-refractivity contribution in [1.29, 1.82) is 0 Å². The summed E-state index contributed by atoms with van der Waals surface area (Å²) < 4.78 is 11.7. The molecule has 4 N–H and O–H groups in total. The van der Waals surface area contributed by atoms with E-state index in [1.54, 1.807) is 57.0 Å². The molecule has 16 heteroatoms. The number of aromatic amines is 2. The molecular formula is C41H42N8O6S2. The molecule has 0 aliphatic carbocycles. The zero-order valence-corrected chi connectivity index (χ0v) is 33.5. The number of fused-ring (bicyclic) bond motifs is 1. The van der Waals surface area contributed by atoms with Gasteiger partial charge in [0.15, 0.2) is 0 Å². The Morgan fingerprint density at radius 1 is 0.754 bits per heavy atom. The van der Waals surface area contributed by atoms with Crippen molar-refractivity contribution in [2.75, 3.05) is 27.3 Å². The minimum Gasteiger partial charge on any atom is -0.453 e. The Hall–Kier alpha value is -6.10. The van der Waals surface area contributed by atoms with Gasteiger partial charge < -0.3 is 39.9 Å². The highest BCUT2D eigenvalue weighted by Gasteiger charge is 2.38. The highest BCUT2D eigenvalue weighted by Crippen LogP contribution is 2.35. The van der Waals surface area contributed by atoms with E-state index < -0.39 is 24.3 Å². The molecule has 57 heavy (non-hydrogen) atoms. The van der Waals surface area contributed by atoms with Crippen LogP contribution in [-0.4, -0.2) is 87.1 Å². The van der Waals surface area contributed by atoms with Crippen LogP contribution in [-0.2, 0) is 19.1 Å². The van der Waals surface area contributed by atoms with Gasteiger partial charge in [-0.25, -0.2) is 19.6 Å². The fraction of sp³-hybridized carbons (Fsp3) is 0.366. The lowest BCUT2D eigenvalue weighted by molar-refractivity contribution is -0.135. The number of carbonyl (C=O) groups excluding carboxylic acids is 4. The molecule has 2 saturated heterocycles. The molecule has 2 aliphatic rings. The van der Waals surface area contributed by atoms with Crippen LogP contribution in [0.1, 0.15) is 96.0 Å². The van der Waals surface area contributed by atoms with Gasteiger partial charge in [-0.05, 0) is 73.0 Å². The minimum atomic E-state index is -0.888. The number of H-pyrrole nitrogens is 2. The molecule has 4 aromatic heterocycles. The van der Waals surface area contributed by atoms with Crippen LogP contribution in [0.3, 0.4) is 0 Å². The number of carbonyl (C=O) groups is 4. The predicted octanol–water partition coefficient (Wildman–Crippen LogP) is 6.01. The summed E-state index contributed by atoms with van der Waals surface area (Å²) in [5.74, 6) is 13.7. The predicted molar refractivity (Wildman–Crippen MR) is 215 cm³/mol. The number of methoxy groups -OCH3 is 2. The third-order valence-corrected chi connectivity index (χ3v) is 12.1. The Morgan fingerprint density at radius 3 is 1.77 bits per heavy atom. The van der Waals surface area contributed by atoms with Crippen molar-refractivity contribution in [1.82, 2.24) is 40.4 Å². The van der Waals surface area contributed by atoms with Crippen molar-refractivity contribution in [3.63, 3.8) is 0 Å². The lowest BCUT2D eigenvalue weighted by Crippen LogP contribution is -2.51. The Balaban J connectivity index is 0.990. The fourth-order valence-electron chi connectivity index (χ4n) is 7.14. The summed E-state index contributed by atoms with van der Waals surface area (Å²) in [5.41, 5.74) is 1.96. The van der Waals surface area contributed by atoms with Gasteiger partial charge in [0.05, 0.1) is 48.5 Å². The van der Waals surface area contributed by atoms with Gasteiger partial charge >= 0.3 is 12.2 Å². The van der Waals surface area contributed by atoms with Crippen LogP contribution in [0, 0.1) is 29.6 Å². The smallest absolute Gasteiger partial charge is 0.407 e. The first-order valence-corrected chi connectivity index (χ1v) is 20.3. The maximum atomic E-state index is 13.8. The lowest BCUT2D eigenvalue weighted by atomic mass is 10.0. The second-order valence-corrected chi connectivity index (χ2v) is 16.2. The zero-order chi connectivity index (χ0) is 40.1. The summed E-state index contributed by atoms with van der Waals surface area (Å²) in [7, 11) is 2.55. The molecule has 0 unspecified atom stereocenters. The summed E-state index contributed by atoms with van der Waals surface area (Å²) in [6, 6.07) is 11.1. The summed E-state index contributed by atoms with van der Waals surface area (Å²) in [6.07, 6.45) is 5.18. The van der Waals surface area contributed by atoms with Crippen LogP contribution in [0.5, 0.6) is 0 Å². The molecule has 2 aliphatic heterocycles. The molecule has 2 fully saturated rings. The van der Waals surface area contributed by atoms with E-state index in [9.17, 15) is 19.2 Å². The van der Waals surface area contributed by atoms with E-state index in [4.69, 9.17) is 9.47 Å². The van der Waals surface area contributed by atoms with E-state index in [0.717, 1.165) is 44.8 Å². The number of thiophene rings is 2. The molecular weight excluding hydrogens is 765 g/mol. The Morgan fingerprint density at radius 2 is 1.26 bits per heavy atom. The Bertz CT molecular complexity index is 2360. The Labute approximate surface area is 337 Å². The van der Waals surface area contributed by atoms with Crippen molar-refractivity contribution in [3.8, 4) is 23.7 Å². The fourth-order valence-corrected chi connectivity index (χ4v) is 9.24. The molecule has 7 rings (SSSR count). The highest BCUT2D eigenvalue weighted by atomic mass is 32.1. The number of amides is 4. The first kappa shape index (κ1) is 39.1. The van der Waals surface area contributed by atoms with Crippen LogP contribution in [0.2, 0.25) is 0 Å². The van der Waals surface area contributed by atoms with Gasteiger partial charge in [0.25, 0.3) is 5.91 Å². The molecule has 0 bridgehead atoms. The van der Waals surface area contributed by atoms with Crippen LogP contribution < -0.4 is 10.6 Å². The molecule has 14 nitrogen and oxygen atoms in total. The lowest BCUT2D eigenvalue weighted by Gasteiger charge is -2.29. The quantitative estimate of drug-likeness (QED) is 0.138. The van der Waals surface area contributed by atoms with E-state index in [1.807, 2.05) is 32.0 Å². The van der Waals surface area contributed by atoms with Gasteiger partial charge in [0.2, 0.25) is 5.91 Å². The molecule has 4 atom stereocenters. The summed E-state index contributed by atoms with van der Waals surface area (Å²) in [6.45, 7) is 4.89. The zero-order valence-electron chi connectivity index (χ0n) is 31.9. The van der Waals surface area contributed by atoms with Crippen molar-refractivity contribution in [2.24, 2.45) is 5.92 Å². The summed E-state index contributed by atoms with van der Waals surface area (Å²) in [4.78, 5) is 72.4. The van der Waals surface area contributed by atoms with Crippen molar-refractivity contribution >= 4 is 56.1 Å². The third kappa shape index (κ3) is 8.83. The molecule has 5 aromatic rings. The molecule has 0 spiro atoms.